The summed E-state index contributed by atoms with van der Waals surface area (Å²) in [5, 5.41) is 0. The molecule has 0 unspecified atom stereocenters. The van der Waals surface area contributed by atoms with Gasteiger partial charge in [-0.15, -0.1) is 0 Å². The van der Waals surface area contributed by atoms with Gasteiger partial charge >= 0.3 is 0 Å². The zero-order valence-electron chi connectivity index (χ0n) is 13.9. The van der Waals surface area contributed by atoms with Gasteiger partial charge in [-0.25, -0.2) is 8.78 Å². The first-order valence-electron chi connectivity index (χ1n) is 8.38. The van der Waals surface area contributed by atoms with Crippen LogP contribution >= 0.6 is 0 Å². The molecule has 0 atom stereocenters. The highest BCUT2D eigenvalue weighted by atomic mass is 19.1. The zero-order chi connectivity index (χ0) is 15.7. The van der Waals surface area contributed by atoms with E-state index in [9.17, 15) is 8.78 Å². The third kappa shape index (κ3) is 7.59. The maximum Gasteiger partial charge on any atom is 0.129 e. The van der Waals surface area contributed by atoms with Crippen LogP contribution in [0.2, 0.25) is 0 Å². The molecule has 0 fully saturated rings. The molecule has 0 saturated heterocycles. The van der Waals surface area contributed by atoms with Crippen LogP contribution < -0.4 is 0 Å². The SMILES string of the molecule is CCCCCCCCCC(C)(C)Cc1ccc(F)cc1F. The van der Waals surface area contributed by atoms with Crippen molar-refractivity contribution in [2.45, 2.75) is 78.6 Å². The zero-order valence-corrected chi connectivity index (χ0v) is 13.9. The Hall–Kier alpha value is -0.920. The molecule has 1 rings (SSSR count). The Kier molecular flexibility index (Phi) is 7.92. The molecule has 0 radical (unpaired) electrons. The largest absolute Gasteiger partial charge is 0.207 e. The van der Waals surface area contributed by atoms with Gasteiger partial charge in [-0.3, -0.25) is 0 Å². The van der Waals surface area contributed by atoms with Crippen LogP contribution in [0.1, 0.15) is 77.7 Å². The highest BCUT2D eigenvalue weighted by Gasteiger charge is 2.20. The minimum atomic E-state index is -0.499. The molecular formula is C19H30F2. The van der Waals surface area contributed by atoms with E-state index in [1.54, 1.807) is 6.07 Å². The average Bonchev–Trinajstić information content (AvgIpc) is 2.41. The molecule has 120 valence electrons. The summed E-state index contributed by atoms with van der Waals surface area (Å²) in [6.07, 6.45) is 10.8. The third-order valence-electron chi connectivity index (χ3n) is 4.14. The van der Waals surface area contributed by atoms with E-state index in [0.29, 0.717) is 12.0 Å². The predicted molar refractivity (Wildman–Crippen MR) is 86.5 cm³/mol. The van der Waals surface area contributed by atoms with Gasteiger partial charge in [-0.2, -0.15) is 0 Å². The highest BCUT2D eigenvalue weighted by molar-refractivity contribution is 5.19. The van der Waals surface area contributed by atoms with E-state index in [-0.39, 0.29) is 5.41 Å². The summed E-state index contributed by atoms with van der Waals surface area (Å²) >= 11 is 0. The molecule has 0 spiro atoms. The molecule has 1 aromatic carbocycles. The number of benzene rings is 1. The molecule has 0 aliphatic heterocycles. The fraction of sp³-hybridized carbons (Fsp3) is 0.684. The molecular weight excluding hydrogens is 266 g/mol. The molecule has 0 aliphatic carbocycles. The highest BCUT2D eigenvalue weighted by Crippen LogP contribution is 2.29. The van der Waals surface area contributed by atoms with Gasteiger partial charge in [0.2, 0.25) is 0 Å². The van der Waals surface area contributed by atoms with Crippen molar-refractivity contribution in [2.75, 3.05) is 0 Å². The summed E-state index contributed by atoms with van der Waals surface area (Å²) in [7, 11) is 0. The molecule has 0 bridgehead atoms. The van der Waals surface area contributed by atoms with Gasteiger partial charge in [0.05, 0.1) is 0 Å². The molecule has 0 aliphatic rings. The Balaban J connectivity index is 2.29. The Bertz CT molecular complexity index is 410. The molecule has 0 N–H and O–H groups in total. The summed E-state index contributed by atoms with van der Waals surface area (Å²) in [5.74, 6) is -0.913. The second kappa shape index (κ2) is 9.17. The van der Waals surface area contributed by atoms with Crippen molar-refractivity contribution in [1.82, 2.24) is 0 Å². The van der Waals surface area contributed by atoms with Gasteiger partial charge in [-0.05, 0) is 29.9 Å². The third-order valence-corrected chi connectivity index (χ3v) is 4.14. The lowest BCUT2D eigenvalue weighted by Gasteiger charge is -2.25. The minimum absolute atomic E-state index is 0.0715. The second-order valence-corrected chi connectivity index (χ2v) is 6.95. The number of halogens is 2. The predicted octanol–water partition coefficient (Wildman–Crippen LogP) is 6.67. The van der Waals surface area contributed by atoms with E-state index >= 15 is 0 Å². The quantitative estimate of drug-likeness (QED) is 0.423. The van der Waals surface area contributed by atoms with E-state index < -0.39 is 11.6 Å². The first-order chi connectivity index (χ1) is 9.94. The van der Waals surface area contributed by atoms with Crippen LogP contribution in [0.25, 0.3) is 0 Å². The lowest BCUT2D eigenvalue weighted by atomic mass is 9.81. The molecule has 2 heteroatoms. The van der Waals surface area contributed by atoms with E-state index in [0.717, 1.165) is 12.5 Å². The Labute approximate surface area is 129 Å². The smallest absolute Gasteiger partial charge is 0.129 e. The van der Waals surface area contributed by atoms with Gasteiger partial charge < -0.3 is 0 Å². The molecule has 21 heavy (non-hydrogen) atoms. The van der Waals surface area contributed by atoms with E-state index in [2.05, 4.69) is 20.8 Å². The monoisotopic (exact) mass is 296 g/mol. The average molecular weight is 296 g/mol. The lowest BCUT2D eigenvalue weighted by molar-refractivity contribution is 0.312. The van der Waals surface area contributed by atoms with Gasteiger partial charge in [0.15, 0.2) is 0 Å². The fourth-order valence-corrected chi connectivity index (χ4v) is 2.83. The summed E-state index contributed by atoms with van der Waals surface area (Å²) in [5.41, 5.74) is 0.701. The summed E-state index contributed by atoms with van der Waals surface area (Å²) in [6, 6.07) is 3.92. The van der Waals surface area contributed by atoms with Gasteiger partial charge in [0.1, 0.15) is 11.6 Å². The van der Waals surface area contributed by atoms with E-state index in [1.165, 1.54) is 51.0 Å². The van der Waals surface area contributed by atoms with Gasteiger partial charge in [0.25, 0.3) is 0 Å². The topological polar surface area (TPSA) is 0 Å². The van der Waals surface area contributed by atoms with Crippen molar-refractivity contribution in [3.63, 3.8) is 0 Å². The molecule has 1 aromatic rings. The summed E-state index contributed by atoms with van der Waals surface area (Å²) in [6.45, 7) is 6.58. The van der Waals surface area contributed by atoms with Crippen molar-refractivity contribution in [1.29, 1.82) is 0 Å². The maximum absolute atomic E-state index is 13.7. The van der Waals surface area contributed by atoms with E-state index in [4.69, 9.17) is 0 Å². The summed E-state index contributed by atoms with van der Waals surface area (Å²) in [4.78, 5) is 0. The number of unbranched alkanes of at least 4 members (excludes halogenated alkanes) is 6. The Morgan fingerprint density at radius 2 is 1.52 bits per heavy atom. The standard InChI is InChI=1S/C19H30F2/c1-4-5-6-7-8-9-10-13-19(2,3)15-16-11-12-17(20)14-18(16)21/h11-12,14H,4-10,13,15H2,1-3H3. The molecule has 0 amide bonds. The van der Waals surface area contributed by atoms with Gasteiger partial charge in [-0.1, -0.05) is 71.8 Å². The number of hydrogen-bond acceptors (Lipinski definition) is 0. The van der Waals surface area contributed by atoms with Crippen molar-refractivity contribution in [2.24, 2.45) is 5.41 Å². The van der Waals surface area contributed by atoms with Crippen LogP contribution in [0.3, 0.4) is 0 Å². The Morgan fingerprint density at radius 1 is 0.905 bits per heavy atom. The number of hydrogen-bond donors (Lipinski definition) is 0. The second-order valence-electron chi connectivity index (χ2n) is 6.95. The van der Waals surface area contributed by atoms with Crippen molar-refractivity contribution in [3.05, 3.63) is 35.4 Å². The molecule has 0 heterocycles. The Morgan fingerprint density at radius 3 is 2.14 bits per heavy atom. The van der Waals surface area contributed by atoms with Gasteiger partial charge in [0, 0.05) is 6.07 Å². The summed E-state index contributed by atoms with van der Waals surface area (Å²) < 4.78 is 26.6. The van der Waals surface area contributed by atoms with Crippen molar-refractivity contribution < 1.29 is 8.78 Å². The van der Waals surface area contributed by atoms with Crippen molar-refractivity contribution in [3.8, 4) is 0 Å². The molecule has 0 saturated carbocycles. The van der Waals surface area contributed by atoms with Crippen LogP contribution in [0.5, 0.6) is 0 Å². The maximum atomic E-state index is 13.7. The number of rotatable bonds is 10. The van der Waals surface area contributed by atoms with Crippen LogP contribution in [0.15, 0.2) is 18.2 Å². The van der Waals surface area contributed by atoms with Crippen LogP contribution in [0.4, 0.5) is 8.78 Å². The first-order valence-corrected chi connectivity index (χ1v) is 8.38. The lowest BCUT2D eigenvalue weighted by Crippen LogP contribution is -2.16. The van der Waals surface area contributed by atoms with Crippen molar-refractivity contribution >= 4 is 0 Å². The van der Waals surface area contributed by atoms with Crippen LogP contribution in [0, 0.1) is 17.0 Å². The molecule has 0 aromatic heterocycles. The fourth-order valence-electron chi connectivity index (χ4n) is 2.83. The first kappa shape index (κ1) is 18.1. The van der Waals surface area contributed by atoms with Crippen LogP contribution in [-0.2, 0) is 6.42 Å². The molecule has 0 nitrogen and oxygen atoms in total. The normalized spacial score (nSPS) is 11.9. The minimum Gasteiger partial charge on any atom is -0.207 e. The van der Waals surface area contributed by atoms with E-state index in [1.807, 2.05) is 0 Å². The van der Waals surface area contributed by atoms with Crippen LogP contribution in [-0.4, -0.2) is 0 Å².